The van der Waals surface area contributed by atoms with Crippen LogP contribution in [0.4, 0.5) is 0 Å². The maximum absolute atomic E-state index is 3.63. The van der Waals surface area contributed by atoms with Crippen LogP contribution in [0.3, 0.4) is 0 Å². The van der Waals surface area contributed by atoms with E-state index in [4.69, 9.17) is 0 Å². The molecular formula is C13H26N2. The molecule has 1 heterocycles. The molecule has 1 saturated carbocycles. The second-order valence-electron chi connectivity index (χ2n) is 5.65. The van der Waals surface area contributed by atoms with Crippen molar-refractivity contribution in [1.29, 1.82) is 0 Å². The molecule has 2 aliphatic rings. The largest absolute Gasteiger partial charge is 0.311 e. The van der Waals surface area contributed by atoms with Crippen LogP contribution in [0.15, 0.2) is 0 Å². The molecule has 0 radical (unpaired) electrons. The summed E-state index contributed by atoms with van der Waals surface area (Å²) in [4.78, 5) is 2.72. The lowest BCUT2D eigenvalue weighted by Crippen LogP contribution is -2.56. The molecule has 0 aromatic carbocycles. The van der Waals surface area contributed by atoms with E-state index in [0.717, 1.165) is 12.1 Å². The maximum atomic E-state index is 3.63. The van der Waals surface area contributed by atoms with Gasteiger partial charge in [0.05, 0.1) is 0 Å². The molecule has 0 aromatic heterocycles. The predicted molar refractivity (Wildman–Crippen MR) is 65.1 cm³/mol. The molecule has 2 rings (SSSR count). The van der Waals surface area contributed by atoms with Gasteiger partial charge in [-0.05, 0) is 38.0 Å². The van der Waals surface area contributed by atoms with Crippen molar-refractivity contribution in [3.63, 3.8) is 0 Å². The van der Waals surface area contributed by atoms with Crippen molar-refractivity contribution in [2.45, 2.75) is 58.5 Å². The third kappa shape index (κ3) is 2.54. The van der Waals surface area contributed by atoms with Crippen molar-refractivity contribution in [2.24, 2.45) is 5.41 Å². The van der Waals surface area contributed by atoms with Crippen LogP contribution in [0.25, 0.3) is 0 Å². The topological polar surface area (TPSA) is 15.3 Å². The Kier molecular flexibility index (Phi) is 3.36. The van der Waals surface area contributed by atoms with Crippen molar-refractivity contribution in [1.82, 2.24) is 10.2 Å². The third-order valence-corrected chi connectivity index (χ3v) is 4.52. The highest BCUT2D eigenvalue weighted by Gasteiger charge is 2.43. The Bertz CT molecular complexity index is 211. The van der Waals surface area contributed by atoms with Gasteiger partial charge in [-0.3, -0.25) is 4.90 Å². The average Bonchev–Trinajstić information content (AvgIpc) is 3.02. The molecule has 2 heteroatoms. The molecule has 1 saturated heterocycles. The monoisotopic (exact) mass is 210 g/mol. The van der Waals surface area contributed by atoms with Gasteiger partial charge >= 0.3 is 0 Å². The zero-order valence-electron chi connectivity index (χ0n) is 10.6. The Labute approximate surface area is 94.4 Å². The minimum absolute atomic E-state index is 0.712. The fourth-order valence-corrected chi connectivity index (χ4v) is 2.72. The molecule has 15 heavy (non-hydrogen) atoms. The average molecular weight is 210 g/mol. The predicted octanol–water partition coefficient (Wildman–Crippen LogP) is 2.25. The highest BCUT2D eigenvalue weighted by Crippen LogP contribution is 2.49. The molecule has 1 aliphatic heterocycles. The molecule has 1 N–H and O–H groups in total. The molecule has 0 bridgehead atoms. The lowest BCUT2D eigenvalue weighted by atomic mass is 10.00. The number of nitrogens with one attached hydrogen (secondary N) is 1. The second kappa shape index (κ2) is 4.42. The summed E-state index contributed by atoms with van der Waals surface area (Å²) in [7, 11) is 0. The fourth-order valence-electron chi connectivity index (χ4n) is 2.72. The van der Waals surface area contributed by atoms with Gasteiger partial charge in [0.25, 0.3) is 0 Å². The molecule has 1 aliphatic carbocycles. The van der Waals surface area contributed by atoms with E-state index in [1.165, 1.54) is 45.3 Å². The molecule has 0 amide bonds. The lowest BCUT2D eigenvalue weighted by molar-refractivity contribution is 0.110. The molecule has 0 spiro atoms. The Morgan fingerprint density at radius 3 is 2.60 bits per heavy atom. The summed E-state index contributed by atoms with van der Waals surface area (Å²) < 4.78 is 0. The summed E-state index contributed by atoms with van der Waals surface area (Å²) in [5.41, 5.74) is 0.712. The van der Waals surface area contributed by atoms with E-state index >= 15 is 0 Å². The molecule has 2 fully saturated rings. The van der Waals surface area contributed by atoms with E-state index in [0.29, 0.717) is 5.41 Å². The van der Waals surface area contributed by atoms with Crippen LogP contribution < -0.4 is 5.32 Å². The van der Waals surface area contributed by atoms with Gasteiger partial charge in [-0.2, -0.15) is 0 Å². The lowest BCUT2D eigenvalue weighted by Gasteiger charge is -2.40. The zero-order chi connectivity index (χ0) is 10.9. The van der Waals surface area contributed by atoms with Crippen LogP contribution >= 0.6 is 0 Å². The van der Waals surface area contributed by atoms with Crippen molar-refractivity contribution >= 4 is 0 Å². The first-order chi connectivity index (χ1) is 7.19. The number of hydrogen-bond acceptors (Lipinski definition) is 2. The van der Waals surface area contributed by atoms with Crippen molar-refractivity contribution < 1.29 is 0 Å². The third-order valence-electron chi connectivity index (χ3n) is 4.52. The quantitative estimate of drug-likeness (QED) is 0.765. The first-order valence-electron chi connectivity index (χ1n) is 6.66. The summed E-state index contributed by atoms with van der Waals surface area (Å²) in [5, 5.41) is 3.63. The second-order valence-corrected chi connectivity index (χ2v) is 5.65. The molecule has 2 unspecified atom stereocenters. The van der Waals surface area contributed by atoms with Gasteiger partial charge in [0.2, 0.25) is 0 Å². The summed E-state index contributed by atoms with van der Waals surface area (Å²) in [5.74, 6) is 0. The van der Waals surface area contributed by atoms with Crippen molar-refractivity contribution in [3.8, 4) is 0 Å². The van der Waals surface area contributed by atoms with Gasteiger partial charge < -0.3 is 5.32 Å². The summed E-state index contributed by atoms with van der Waals surface area (Å²) >= 11 is 0. The first kappa shape index (κ1) is 11.4. The Balaban J connectivity index is 1.88. The normalized spacial score (nSPS) is 35.4. The van der Waals surface area contributed by atoms with Crippen LogP contribution in [-0.4, -0.2) is 36.6 Å². The highest BCUT2D eigenvalue weighted by atomic mass is 15.2. The standard InChI is InChI=1S/C13H26N2/c1-4-12-9-15(11(3)8-14-12)10-13(5-2)6-7-13/h11-12,14H,4-10H2,1-3H3. The Morgan fingerprint density at radius 1 is 1.33 bits per heavy atom. The van der Waals surface area contributed by atoms with Crippen LogP contribution in [-0.2, 0) is 0 Å². The van der Waals surface area contributed by atoms with Crippen LogP contribution in [0, 0.1) is 5.41 Å². The van der Waals surface area contributed by atoms with E-state index in [9.17, 15) is 0 Å². The fraction of sp³-hybridized carbons (Fsp3) is 1.00. The minimum Gasteiger partial charge on any atom is -0.311 e. The van der Waals surface area contributed by atoms with E-state index in [1.54, 1.807) is 0 Å². The molecule has 0 aromatic rings. The smallest absolute Gasteiger partial charge is 0.0193 e. The SMILES string of the molecule is CCC1CN(CC2(CC)CC2)C(C)CN1. The van der Waals surface area contributed by atoms with E-state index < -0.39 is 0 Å². The van der Waals surface area contributed by atoms with Crippen molar-refractivity contribution in [2.75, 3.05) is 19.6 Å². The van der Waals surface area contributed by atoms with E-state index in [1.807, 2.05) is 0 Å². The van der Waals surface area contributed by atoms with Gasteiger partial charge in [0.1, 0.15) is 0 Å². The van der Waals surface area contributed by atoms with Crippen LogP contribution in [0.2, 0.25) is 0 Å². The highest BCUT2D eigenvalue weighted by molar-refractivity contribution is 4.97. The Hall–Kier alpha value is -0.0800. The van der Waals surface area contributed by atoms with Crippen LogP contribution in [0.5, 0.6) is 0 Å². The van der Waals surface area contributed by atoms with E-state index in [2.05, 4.69) is 31.0 Å². The number of rotatable bonds is 4. The summed E-state index contributed by atoms with van der Waals surface area (Å²) in [6, 6.07) is 1.46. The van der Waals surface area contributed by atoms with Gasteiger partial charge in [0.15, 0.2) is 0 Å². The molecule has 2 atom stereocenters. The minimum atomic E-state index is 0.712. The zero-order valence-corrected chi connectivity index (χ0v) is 10.6. The number of hydrogen-bond donors (Lipinski definition) is 1. The van der Waals surface area contributed by atoms with Gasteiger partial charge in [-0.25, -0.2) is 0 Å². The molecular weight excluding hydrogens is 184 g/mol. The molecule has 88 valence electrons. The van der Waals surface area contributed by atoms with Crippen LogP contribution in [0.1, 0.15) is 46.5 Å². The van der Waals surface area contributed by atoms with Gasteiger partial charge in [-0.1, -0.05) is 13.8 Å². The first-order valence-corrected chi connectivity index (χ1v) is 6.66. The van der Waals surface area contributed by atoms with E-state index in [-0.39, 0.29) is 0 Å². The molecule has 2 nitrogen and oxygen atoms in total. The Morgan fingerprint density at radius 2 is 2.07 bits per heavy atom. The number of piperazine rings is 1. The summed E-state index contributed by atoms with van der Waals surface area (Å²) in [6.45, 7) is 10.8. The van der Waals surface area contributed by atoms with Gasteiger partial charge in [0, 0.05) is 31.7 Å². The summed E-state index contributed by atoms with van der Waals surface area (Å²) in [6.07, 6.45) is 5.58. The number of nitrogens with zero attached hydrogens (tertiary/aromatic N) is 1. The maximum Gasteiger partial charge on any atom is 0.0193 e. The van der Waals surface area contributed by atoms with Gasteiger partial charge in [-0.15, -0.1) is 0 Å². The van der Waals surface area contributed by atoms with Crippen molar-refractivity contribution in [3.05, 3.63) is 0 Å².